The van der Waals surface area contributed by atoms with Crippen LogP contribution < -0.4 is 19.4 Å². The minimum absolute atomic E-state index is 0.0114. The van der Waals surface area contributed by atoms with E-state index in [4.69, 9.17) is 23.9 Å². The number of ether oxygens (including phenoxy) is 2. The second-order valence-corrected chi connectivity index (χ2v) is 21.5. The summed E-state index contributed by atoms with van der Waals surface area (Å²) < 4.78 is 176. The molecule has 6 N–H and O–H groups in total. The van der Waals surface area contributed by atoms with Crippen LogP contribution in [0.1, 0.15) is 29.5 Å². The van der Waals surface area contributed by atoms with E-state index < -0.39 is 83.3 Å². The molecule has 0 aliphatic carbocycles. The maximum absolute atomic E-state index is 13.4. The van der Waals surface area contributed by atoms with Gasteiger partial charge in [-0.2, -0.15) is 52.3 Å². The summed E-state index contributed by atoms with van der Waals surface area (Å²) in [5.74, 6) is -1.89. The van der Waals surface area contributed by atoms with Crippen LogP contribution in [-0.2, 0) is 50.6 Å². The second kappa shape index (κ2) is 19.2. The third-order valence-electron chi connectivity index (χ3n) is 8.79. The minimum Gasteiger partial charge on any atom is -0.491 e. The third kappa shape index (κ3) is 13.4. The molecule has 22 nitrogen and oxygen atoms in total. The molecule has 0 aliphatic rings. The van der Waals surface area contributed by atoms with Gasteiger partial charge in [-0.15, -0.1) is 10.2 Å². The van der Waals surface area contributed by atoms with Gasteiger partial charge >= 0.3 is 10.1 Å². The van der Waals surface area contributed by atoms with Crippen LogP contribution in [-0.4, -0.2) is 85.0 Å². The lowest BCUT2D eigenvalue weighted by Crippen LogP contribution is -2.11. The predicted molar refractivity (Wildman–Crippen MR) is 231 cm³/mol. The summed E-state index contributed by atoms with van der Waals surface area (Å²) in [7, 11) is -23.5. The molecule has 0 aromatic heterocycles. The molecule has 64 heavy (non-hydrogen) atoms. The second-order valence-electron chi connectivity index (χ2n) is 13.9. The smallest absolute Gasteiger partial charge is 0.339 e. The van der Waals surface area contributed by atoms with Crippen molar-refractivity contribution in [1.29, 1.82) is 0 Å². The van der Waals surface area contributed by atoms with Gasteiger partial charge in [0.25, 0.3) is 40.5 Å². The summed E-state index contributed by atoms with van der Waals surface area (Å²) in [6, 6.07) is 14.1. The SMILES string of the molecule is Cc1ccc(S(=O)(=O)Oc2cc(S(=O)(=O)O)cc3cc(S(=O)(=O)O)cc(/N=N\c4cc(OCCCS(=O)(=O)O)c(/N=N\c5cc(OCCCS(=O)(=O)O)c(N)cc5C)cc4C)c23)cc1. The predicted octanol–water partition coefficient (Wildman–Crippen LogP) is 6.75. The Hall–Kier alpha value is -5.65. The Kier molecular flexibility index (Phi) is 14.8. The van der Waals surface area contributed by atoms with Crippen molar-refractivity contribution in [3.05, 3.63) is 89.5 Å². The van der Waals surface area contributed by atoms with Gasteiger partial charge in [0.15, 0.2) is 5.75 Å². The lowest BCUT2D eigenvalue weighted by molar-refractivity contribution is 0.317. The molecule has 0 unspecified atom stereocenters. The van der Waals surface area contributed by atoms with Gasteiger partial charge in [0, 0.05) is 18.2 Å². The molecule has 5 rings (SSSR count). The van der Waals surface area contributed by atoms with Crippen LogP contribution in [0.2, 0.25) is 0 Å². The zero-order valence-electron chi connectivity index (χ0n) is 33.7. The average molecular weight is 986 g/mol. The lowest BCUT2D eigenvalue weighted by atomic mass is 10.1. The van der Waals surface area contributed by atoms with E-state index in [0.717, 1.165) is 18.2 Å². The van der Waals surface area contributed by atoms with Crippen LogP contribution >= 0.6 is 0 Å². The van der Waals surface area contributed by atoms with Crippen LogP contribution in [0.4, 0.5) is 28.4 Å². The van der Waals surface area contributed by atoms with E-state index in [9.17, 15) is 55.7 Å². The van der Waals surface area contributed by atoms with Crippen LogP contribution in [0.5, 0.6) is 17.2 Å². The number of nitrogens with two attached hydrogens (primary N) is 1. The summed E-state index contributed by atoms with van der Waals surface area (Å²) in [5.41, 5.74) is 7.59. The van der Waals surface area contributed by atoms with Crippen molar-refractivity contribution in [2.75, 3.05) is 30.5 Å². The van der Waals surface area contributed by atoms with Gasteiger partial charge in [-0.25, -0.2) is 0 Å². The number of aryl methyl sites for hydroxylation is 3. The number of anilines is 1. The highest BCUT2D eigenvalue weighted by Crippen LogP contribution is 2.42. The van der Waals surface area contributed by atoms with Crippen molar-refractivity contribution in [1.82, 2.24) is 0 Å². The molecule has 0 atom stereocenters. The number of nitrogens with zero attached hydrogens (tertiary/aromatic N) is 4. The molecule has 0 aliphatic heterocycles. The molecule has 0 spiro atoms. The minimum atomic E-state index is -5.09. The Bertz CT molecular complexity index is 3250. The molecular formula is C37H39N5O17S5. The first-order valence-electron chi connectivity index (χ1n) is 18.2. The van der Waals surface area contributed by atoms with E-state index in [0.29, 0.717) is 22.8 Å². The van der Waals surface area contributed by atoms with Crippen molar-refractivity contribution < 1.29 is 74.0 Å². The van der Waals surface area contributed by atoms with Gasteiger partial charge < -0.3 is 19.4 Å². The standard InChI is InChI=1S/C37H39N5O17S5/c1-22-6-8-26(9-7-22)64(55,56)59-36-19-28(63(52,53)54)17-25-16-27(62(49,50)51)18-33(37(25)36)42-40-31-21-35(58-11-5-13-61(46,47)48)32(15-24(31)3)41-39-30-20-34(29(38)14-23(30)2)57-10-4-12-60(43,44)45/h6-9,14-21H,4-5,10-13,38H2,1-3H3,(H,43,44,45)(H,46,47,48)(H,49,50,51)(H,52,53,54)/b41-39-,42-40-. The van der Waals surface area contributed by atoms with Crippen molar-refractivity contribution in [2.45, 2.75) is 48.3 Å². The first-order chi connectivity index (χ1) is 29.6. The maximum atomic E-state index is 13.4. The average Bonchev–Trinajstić information content (AvgIpc) is 3.16. The molecule has 0 amide bonds. The summed E-state index contributed by atoms with van der Waals surface area (Å²) in [4.78, 5) is -2.10. The molecule has 5 aromatic rings. The third-order valence-corrected chi connectivity index (χ3v) is 13.3. The van der Waals surface area contributed by atoms with Crippen LogP contribution in [0.15, 0.2) is 108 Å². The molecule has 27 heteroatoms. The summed E-state index contributed by atoms with van der Waals surface area (Å²) in [6.07, 6.45) is -0.240. The first-order valence-corrected chi connectivity index (χ1v) is 25.7. The number of azo groups is 2. The van der Waals surface area contributed by atoms with Gasteiger partial charge in [-0.05, 0) is 92.6 Å². The topological polar surface area (TPSA) is 355 Å². The van der Waals surface area contributed by atoms with E-state index >= 15 is 0 Å². The van der Waals surface area contributed by atoms with Crippen LogP contribution in [0, 0.1) is 20.8 Å². The van der Waals surface area contributed by atoms with E-state index in [1.807, 2.05) is 0 Å². The maximum Gasteiger partial charge on any atom is 0.339 e. The van der Waals surface area contributed by atoms with E-state index in [1.165, 1.54) is 55.5 Å². The number of nitrogen functional groups attached to an aromatic ring is 1. The Morgan fingerprint density at radius 3 is 1.52 bits per heavy atom. The van der Waals surface area contributed by atoms with Crippen molar-refractivity contribution in [3.8, 4) is 17.2 Å². The monoisotopic (exact) mass is 985 g/mol. The van der Waals surface area contributed by atoms with Crippen molar-refractivity contribution in [2.24, 2.45) is 20.5 Å². The van der Waals surface area contributed by atoms with E-state index in [2.05, 4.69) is 20.5 Å². The molecule has 0 bridgehead atoms. The molecule has 5 aromatic carbocycles. The van der Waals surface area contributed by atoms with Gasteiger partial charge in [0.1, 0.15) is 22.1 Å². The summed E-state index contributed by atoms with van der Waals surface area (Å²) >= 11 is 0. The highest BCUT2D eigenvalue weighted by molar-refractivity contribution is 7.87. The van der Waals surface area contributed by atoms with Crippen LogP contribution in [0.25, 0.3) is 10.8 Å². The van der Waals surface area contributed by atoms with Gasteiger partial charge in [-0.3, -0.25) is 18.2 Å². The number of hydrogen-bond acceptors (Lipinski definition) is 18. The zero-order chi connectivity index (χ0) is 47.4. The quantitative estimate of drug-likeness (QED) is 0.0188. The normalized spacial score (nSPS) is 12.9. The van der Waals surface area contributed by atoms with Gasteiger partial charge in [0.05, 0.1) is 62.6 Å². The summed E-state index contributed by atoms with van der Waals surface area (Å²) in [5, 5.41) is 16.2. The lowest BCUT2D eigenvalue weighted by Gasteiger charge is -2.14. The molecule has 0 saturated heterocycles. The Morgan fingerprint density at radius 1 is 0.516 bits per heavy atom. The summed E-state index contributed by atoms with van der Waals surface area (Å²) in [6.45, 7) is 4.48. The van der Waals surface area contributed by atoms with Gasteiger partial charge in [-0.1, -0.05) is 17.7 Å². The number of benzene rings is 5. The Balaban J connectivity index is 1.63. The number of hydrogen-bond donors (Lipinski definition) is 5. The zero-order valence-corrected chi connectivity index (χ0v) is 37.8. The Labute approximate surface area is 367 Å². The number of fused-ring (bicyclic) bond motifs is 1. The van der Waals surface area contributed by atoms with Crippen LogP contribution in [0.3, 0.4) is 0 Å². The molecule has 344 valence electrons. The van der Waals surface area contributed by atoms with Gasteiger partial charge in [0.2, 0.25) is 0 Å². The van der Waals surface area contributed by atoms with E-state index in [1.54, 1.807) is 13.8 Å². The van der Waals surface area contributed by atoms with Crippen molar-refractivity contribution >= 4 is 89.8 Å². The first kappa shape index (κ1) is 49.4. The largest absolute Gasteiger partial charge is 0.491 e. The van der Waals surface area contributed by atoms with Crippen molar-refractivity contribution in [3.63, 3.8) is 0 Å². The Morgan fingerprint density at radius 2 is 0.984 bits per heavy atom. The molecule has 0 radical (unpaired) electrons. The van der Waals surface area contributed by atoms with E-state index in [-0.39, 0.29) is 76.0 Å². The fourth-order valence-corrected chi connectivity index (χ4v) is 8.64. The molecule has 0 heterocycles. The molecular weight excluding hydrogens is 947 g/mol. The fraction of sp³-hybridized carbons (Fsp3) is 0.243. The molecule has 0 fully saturated rings. The highest BCUT2D eigenvalue weighted by Gasteiger charge is 2.25. The number of rotatable bonds is 19. The highest BCUT2D eigenvalue weighted by atomic mass is 32.2. The molecule has 0 saturated carbocycles. The fourth-order valence-electron chi connectivity index (χ4n) is 5.67.